The normalized spacial score (nSPS) is 15.8. The summed E-state index contributed by atoms with van der Waals surface area (Å²) in [5.74, 6) is 2.30. The van der Waals surface area contributed by atoms with Crippen LogP contribution in [0.3, 0.4) is 0 Å². The van der Waals surface area contributed by atoms with Gasteiger partial charge in [-0.3, -0.25) is 0 Å². The molecule has 3 rings (SSSR count). The van der Waals surface area contributed by atoms with Gasteiger partial charge >= 0.3 is 0 Å². The van der Waals surface area contributed by atoms with Crippen molar-refractivity contribution in [3.63, 3.8) is 0 Å². The van der Waals surface area contributed by atoms with Crippen LogP contribution >= 0.6 is 0 Å². The van der Waals surface area contributed by atoms with Gasteiger partial charge in [0, 0.05) is 17.7 Å². The highest BCUT2D eigenvalue weighted by Gasteiger charge is 2.24. The molecule has 0 saturated heterocycles. The number of hydrogen-bond donors (Lipinski definition) is 2. The van der Waals surface area contributed by atoms with Gasteiger partial charge in [0.05, 0.1) is 18.0 Å². The van der Waals surface area contributed by atoms with Crippen LogP contribution in [-0.4, -0.2) is 9.97 Å². The second kappa shape index (κ2) is 3.74. The van der Waals surface area contributed by atoms with E-state index in [0.29, 0.717) is 5.92 Å². The van der Waals surface area contributed by atoms with Crippen LogP contribution in [-0.2, 0) is 12.8 Å². The Hall–Kier alpha value is -1.55. The molecular formula is C13H17N3O. The first-order chi connectivity index (χ1) is 8.16. The molecule has 0 fully saturated rings. The second-order valence-electron chi connectivity index (χ2n) is 4.98. The summed E-state index contributed by atoms with van der Waals surface area (Å²) in [5.41, 5.74) is 9.45. The first-order valence-electron chi connectivity index (χ1n) is 6.08. The van der Waals surface area contributed by atoms with Gasteiger partial charge in [-0.25, -0.2) is 4.98 Å². The summed E-state index contributed by atoms with van der Waals surface area (Å²) in [6, 6.07) is 1.95. The number of nitrogens with two attached hydrogens (primary N) is 1. The SMILES string of the molecule is CC(C)C(N)c1nc2c([nH]1)CCc1occc1-2. The van der Waals surface area contributed by atoms with Gasteiger partial charge in [0.1, 0.15) is 11.6 Å². The van der Waals surface area contributed by atoms with E-state index in [2.05, 4.69) is 23.8 Å². The Bertz CT molecular complexity index is 539. The maximum atomic E-state index is 6.13. The van der Waals surface area contributed by atoms with Crippen LogP contribution in [0.15, 0.2) is 16.7 Å². The molecule has 4 nitrogen and oxygen atoms in total. The highest BCUT2D eigenvalue weighted by molar-refractivity contribution is 5.66. The van der Waals surface area contributed by atoms with E-state index in [1.54, 1.807) is 6.26 Å². The molecule has 1 unspecified atom stereocenters. The maximum Gasteiger partial charge on any atom is 0.124 e. The molecule has 1 aliphatic rings. The van der Waals surface area contributed by atoms with E-state index in [1.165, 1.54) is 5.69 Å². The molecule has 0 aliphatic heterocycles. The van der Waals surface area contributed by atoms with Gasteiger partial charge < -0.3 is 15.1 Å². The Morgan fingerprint density at radius 1 is 1.41 bits per heavy atom. The van der Waals surface area contributed by atoms with Crippen molar-refractivity contribution in [2.24, 2.45) is 11.7 Å². The topological polar surface area (TPSA) is 67.8 Å². The molecule has 0 spiro atoms. The van der Waals surface area contributed by atoms with E-state index in [4.69, 9.17) is 10.2 Å². The monoisotopic (exact) mass is 231 g/mol. The summed E-state index contributed by atoms with van der Waals surface area (Å²) < 4.78 is 5.44. The van der Waals surface area contributed by atoms with Gasteiger partial charge in [0.15, 0.2) is 0 Å². The molecule has 0 amide bonds. The van der Waals surface area contributed by atoms with Crippen molar-refractivity contribution in [1.29, 1.82) is 0 Å². The number of furan rings is 1. The smallest absolute Gasteiger partial charge is 0.124 e. The molecule has 2 heterocycles. The average Bonchev–Trinajstić information content (AvgIpc) is 2.92. The van der Waals surface area contributed by atoms with Crippen LogP contribution in [0.2, 0.25) is 0 Å². The van der Waals surface area contributed by atoms with Gasteiger partial charge in [-0.05, 0) is 18.4 Å². The minimum absolute atomic E-state index is 0.0315. The summed E-state index contributed by atoms with van der Waals surface area (Å²) in [5, 5.41) is 0. The zero-order chi connectivity index (χ0) is 12.0. The van der Waals surface area contributed by atoms with E-state index < -0.39 is 0 Å². The molecule has 90 valence electrons. The third kappa shape index (κ3) is 1.60. The quantitative estimate of drug-likeness (QED) is 0.834. The van der Waals surface area contributed by atoms with Crippen LogP contribution in [0.5, 0.6) is 0 Å². The fraction of sp³-hybridized carbons (Fsp3) is 0.462. The lowest BCUT2D eigenvalue weighted by Crippen LogP contribution is -2.18. The van der Waals surface area contributed by atoms with Crippen LogP contribution < -0.4 is 5.73 Å². The van der Waals surface area contributed by atoms with Gasteiger partial charge in [0.25, 0.3) is 0 Å². The number of hydrogen-bond acceptors (Lipinski definition) is 3. The number of H-pyrrole nitrogens is 1. The third-order valence-electron chi connectivity index (χ3n) is 3.43. The molecular weight excluding hydrogens is 214 g/mol. The first kappa shape index (κ1) is 10.6. The van der Waals surface area contributed by atoms with E-state index in [1.807, 2.05) is 6.07 Å². The molecule has 2 aromatic heterocycles. The molecule has 3 N–H and O–H groups in total. The molecule has 0 saturated carbocycles. The zero-order valence-corrected chi connectivity index (χ0v) is 10.2. The number of rotatable bonds is 2. The highest BCUT2D eigenvalue weighted by Crippen LogP contribution is 2.33. The zero-order valence-electron chi connectivity index (χ0n) is 10.2. The van der Waals surface area contributed by atoms with Crippen LogP contribution in [0.4, 0.5) is 0 Å². The summed E-state index contributed by atoms with van der Waals surface area (Å²) in [6.45, 7) is 4.21. The van der Waals surface area contributed by atoms with Crippen molar-refractivity contribution in [2.75, 3.05) is 0 Å². The van der Waals surface area contributed by atoms with Crippen molar-refractivity contribution in [3.8, 4) is 11.3 Å². The molecule has 4 heteroatoms. The van der Waals surface area contributed by atoms with Crippen molar-refractivity contribution in [3.05, 3.63) is 29.6 Å². The predicted molar refractivity (Wildman–Crippen MR) is 65.5 cm³/mol. The van der Waals surface area contributed by atoms with E-state index in [-0.39, 0.29) is 6.04 Å². The number of imidazole rings is 1. The van der Waals surface area contributed by atoms with E-state index in [9.17, 15) is 0 Å². The van der Waals surface area contributed by atoms with Crippen molar-refractivity contribution < 1.29 is 4.42 Å². The fourth-order valence-electron chi connectivity index (χ4n) is 2.29. The summed E-state index contributed by atoms with van der Waals surface area (Å²) >= 11 is 0. The van der Waals surface area contributed by atoms with Crippen molar-refractivity contribution in [2.45, 2.75) is 32.7 Å². The van der Waals surface area contributed by atoms with Gasteiger partial charge in [-0.1, -0.05) is 13.8 Å². The number of aryl methyl sites for hydroxylation is 2. The van der Waals surface area contributed by atoms with Gasteiger partial charge in [-0.2, -0.15) is 0 Å². The summed E-state index contributed by atoms with van der Waals surface area (Å²) in [6.07, 6.45) is 3.62. The van der Waals surface area contributed by atoms with Crippen molar-refractivity contribution in [1.82, 2.24) is 9.97 Å². The number of aromatic amines is 1. The number of nitrogens with one attached hydrogen (secondary N) is 1. The maximum absolute atomic E-state index is 6.13. The van der Waals surface area contributed by atoms with E-state index in [0.717, 1.165) is 35.7 Å². The van der Waals surface area contributed by atoms with E-state index >= 15 is 0 Å². The second-order valence-corrected chi connectivity index (χ2v) is 4.98. The minimum atomic E-state index is -0.0315. The average molecular weight is 231 g/mol. The van der Waals surface area contributed by atoms with Crippen LogP contribution in [0.1, 0.15) is 37.2 Å². The Labute approximate surface area is 100 Å². The lowest BCUT2D eigenvalue weighted by Gasteiger charge is -2.11. The Morgan fingerprint density at radius 3 is 3.00 bits per heavy atom. The van der Waals surface area contributed by atoms with Gasteiger partial charge in [0.2, 0.25) is 0 Å². The minimum Gasteiger partial charge on any atom is -0.469 e. The molecule has 17 heavy (non-hydrogen) atoms. The lowest BCUT2D eigenvalue weighted by molar-refractivity contribution is 0.493. The standard InChI is InChI=1S/C13H17N3O/c1-7(2)11(14)13-15-9-3-4-10-8(5-6-17-10)12(9)16-13/h5-7,11H,3-4,14H2,1-2H3,(H,15,16). The Balaban J connectivity index is 2.05. The Morgan fingerprint density at radius 2 is 2.24 bits per heavy atom. The summed E-state index contributed by atoms with van der Waals surface area (Å²) in [7, 11) is 0. The molecule has 2 aromatic rings. The number of nitrogens with zero attached hydrogens (tertiary/aromatic N) is 1. The predicted octanol–water partition coefficient (Wildman–Crippen LogP) is 2.42. The van der Waals surface area contributed by atoms with Gasteiger partial charge in [-0.15, -0.1) is 0 Å². The number of aromatic nitrogens is 2. The Kier molecular flexibility index (Phi) is 2.33. The first-order valence-corrected chi connectivity index (χ1v) is 6.08. The lowest BCUT2D eigenvalue weighted by atomic mass is 10.00. The van der Waals surface area contributed by atoms with Crippen LogP contribution in [0, 0.1) is 5.92 Å². The summed E-state index contributed by atoms with van der Waals surface area (Å²) in [4.78, 5) is 8.01. The fourth-order valence-corrected chi connectivity index (χ4v) is 2.29. The molecule has 1 aliphatic carbocycles. The van der Waals surface area contributed by atoms with Crippen molar-refractivity contribution >= 4 is 0 Å². The number of fused-ring (bicyclic) bond motifs is 3. The van der Waals surface area contributed by atoms with Crippen LogP contribution in [0.25, 0.3) is 11.3 Å². The third-order valence-corrected chi connectivity index (χ3v) is 3.43. The largest absolute Gasteiger partial charge is 0.469 e. The molecule has 0 aromatic carbocycles. The molecule has 0 radical (unpaired) electrons. The highest BCUT2D eigenvalue weighted by atomic mass is 16.3. The molecule has 1 atom stereocenters. The molecule has 0 bridgehead atoms.